The van der Waals surface area contributed by atoms with Crippen LogP contribution in [0.4, 0.5) is 0 Å². The molecule has 0 aliphatic heterocycles. The Kier molecular flexibility index (Phi) is 4.28. The lowest BCUT2D eigenvalue weighted by Crippen LogP contribution is -2.62. The zero-order valence-corrected chi connectivity index (χ0v) is 16.9. The number of rotatable bonds is 4. The summed E-state index contributed by atoms with van der Waals surface area (Å²) in [6, 6.07) is 7.90. The number of nitrogens with one attached hydrogen (secondary N) is 1. The van der Waals surface area contributed by atoms with Crippen molar-refractivity contribution < 1.29 is 14.7 Å². The van der Waals surface area contributed by atoms with Crippen molar-refractivity contribution in [3.05, 3.63) is 34.9 Å². The highest BCUT2D eigenvalue weighted by molar-refractivity contribution is 6.30. The van der Waals surface area contributed by atoms with Gasteiger partial charge in [-0.2, -0.15) is 0 Å². The number of hydrogen-bond acceptors (Lipinski definition) is 2. The molecule has 0 aromatic heterocycles. The predicted molar refractivity (Wildman–Crippen MR) is 107 cm³/mol. The van der Waals surface area contributed by atoms with Crippen LogP contribution in [0.15, 0.2) is 24.3 Å². The Labute approximate surface area is 171 Å². The molecule has 150 valence electrons. The van der Waals surface area contributed by atoms with E-state index in [1.807, 2.05) is 24.3 Å². The Balaban J connectivity index is 1.39. The van der Waals surface area contributed by atoms with Gasteiger partial charge in [0.1, 0.15) is 0 Å². The van der Waals surface area contributed by atoms with E-state index in [1.54, 1.807) is 0 Å². The minimum Gasteiger partial charge on any atom is -0.481 e. The Bertz CT molecular complexity index is 783. The molecule has 5 saturated carbocycles. The van der Waals surface area contributed by atoms with Crippen LogP contribution in [0.1, 0.15) is 63.4 Å². The zero-order valence-electron chi connectivity index (χ0n) is 16.1. The largest absolute Gasteiger partial charge is 0.481 e. The molecule has 1 aromatic carbocycles. The fraction of sp³-hybridized carbons (Fsp3) is 0.652. The third kappa shape index (κ3) is 2.71. The maximum Gasteiger partial charge on any atom is 0.309 e. The molecular formula is C23H28ClNO3. The SMILES string of the molecule is O=C(O)C12CC3CC(C1)C(NC(=O)C1(c4ccc(Cl)cc4)CCCC1)C(C3)C2. The van der Waals surface area contributed by atoms with Crippen molar-refractivity contribution in [3.8, 4) is 0 Å². The van der Waals surface area contributed by atoms with Crippen LogP contribution in [0.2, 0.25) is 5.02 Å². The average molecular weight is 402 g/mol. The highest BCUT2D eigenvalue weighted by atomic mass is 35.5. The van der Waals surface area contributed by atoms with Crippen molar-refractivity contribution in [1.82, 2.24) is 5.32 Å². The normalized spacial score (nSPS) is 37.8. The van der Waals surface area contributed by atoms with Gasteiger partial charge in [0.15, 0.2) is 0 Å². The first-order valence-corrected chi connectivity index (χ1v) is 11.1. The summed E-state index contributed by atoms with van der Waals surface area (Å²) in [5, 5.41) is 14.0. The van der Waals surface area contributed by atoms with Crippen molar-refractivity contribution in [2.45, 2.75) is 69.2 Å². The smallest absolute Gasteiger partial charge is 0.309 e. The number of carboxylic acids is 1. The molecule has 0 heterocycles. The summed E-state index contributed by atoms with van der Waals surface area (Å²) in [5.41, 5.74) is 0.0839. The van der Waals surface area contributed by atoms with E-state index in [-0.39, 0.29) is 11.9 Å². The average Bonchev–Trinajstić information content (AvgIpc) is 3.15. The summed E-state index contributed by atoms with van der Waals surface area (Å²) in [7, 11) is 0. The first-order valence-electron chi connectivity index (χ1n) is 10.7. The molecule has 2 N–H and O–H groups in total. The highest BCUT2D eigenvalue weighted by Gasteiger charge is 2.59. The quantitative estimate of drug-likeness (QED) is 0.777. The van der Waals surface area contributed by atoms with Crippen molar-refractivity contribution in [2.75, 3.05) is 0 Å². The lowest BCUT2D eigenvalue weighted by molar-refractivity contribution is -0.168. The molecule has 2 atom stereocenters. The standard InChI is InChI=1S/C23H28ClNO3/c24-18-5-3-17(4-6-18)23(7-1-2-8-23)20(26)25-19-15-9-14-10-16(19)13-22(11-14,12-15)21(27)28/h3-6,14-16,19H,1-2,7-13H2,(H,25,26)(H,27,28). The molecule has 5 heteroatoms. The molecule has 4 nitrogen and oxygen atoms in total. The fourth-order valence-electron chi connectivity index (χ4n) is 7.21. The number of aliphatic carboxylic acids is 1. The van der Waals surface area contributed by atoms with Crippen LogP contribution < -0.4 is 5.32 Å². The first-order chi connectivity index (χ1) is 13.4. The van der Waals surface area contributed by atoms with Crippen molar-refractivity contribution in [2.24, 2.45) is 23.2 Å². The lowest BCUT2D eigenvalue weighted by atomic mass is 9.48. The second-order valence-corrected chi connectivity index (χ2v) is 10.3. The third-order valence-electron chi connectivity index (χ3n) is 8.31. The van der Waals surface area contributed by atoms with E-state index in [0.717, 1.165) is 63.4 Å². The van der Waals surface area contributed by atoms with Crippen molar-refractivity contribution in [3.63, 3.8) is 0 Å². The summed E-state index contributed by atoms with van der Waals surface area (Å²) in [4.78, 5) is 25.6. The molecular weight excluding hydrogens is 374 g/mol. The van der Waals surface area contributed by atoms with Gasteiger partial charge in [0, 0.05) is 11.1 Å². The Morgan fingerprint density at radius 3 is 2.18 bits per heavy atom. The van der Waals surface area contributed by atoms with Crippen LogP contribution >= 0.6 is 11.6 Å². The molecule has 5 aliphatic carbocycles. The first kappa shape index (κ1) is 18.5. The second-order valence-electron chi connectivity index (χ2n) is 9.85. The van der Waals surface area contributed by atoms with Crippen LogP contribution in [0, 0.1) is 23.2 Å². The molecule has 0 spiro atoms. The zero-order chi connectivity index (χ0) is 19.5. The molecule has 1 amide bonds. The van der Waals surface area contributed by atoms with Gasteiger partial charge in [-0.25, -0.2) is 0 Å². The van der Waals surface area contributed by atoms with Gasteiger partial charge in [-0.3, -0.25) is 9.59 Å². The number of carbonyl (C=O) groups is 2. The number of amides is 1. The Morgan fingerprint density at radius 1 is 1.00 bits per heavy atom. The van der Waals surface area contributed by atoms with Crippen LogP contribution in [-0.4, -0.2) is 23.0 Å². The van der Waals surface area contributed by atoms with Crippen LogP contribution in [0.3, 0.4) is 0 Å². The lowest BCUT2D eigenvalue weighted by Gasteiger charge is -2.58. The topological polar surface area (TPSA) is 66.4 Å². The predicted octanol–water partition coefficient (Wildman–Crippen LogP) is 4.55. The van der Waals surface area contributed by atoms with Gasteiger partial charge in [-0.05, 0) is 80.4 Å². The number of hydrogen-bond donors (Lipinski definition) is 2. The summed E-state index contributed by atoms with van der Waals surface area (Å²) < 4.78 is 0. The van der Waals surface area contributed by atoms with Gasteiger partial charge < -0.3 is 10.4 Å². The number of halogens is 1. The van der Waals surface area contributed by atoms with E-state index in [9.17, 15) is 14.7 Å². The third-order valence-corrected chi connectivity index (χ3v) is 8.57. The molecule has 0 saturated heterocycles. The van der Waals surface area contributed by atoms with Gasteiger partial charge in [0.2, 0.25) is 5.91 Å². The molecule has 28 heavy (non-hydrogen) atoms. The highest BCUT2D eigenvalue weighted by Crippen LogP contribution is 2.60. The number of carbonyl (C=O) groups excluding carboxylic acids is 1. The summed E-state index contributed by atoms with van der Waals surface area (Å²) in [6.45, 7) is 0. The van der Waals surface area contributed by atoms with E-state index in [0.29, 0.717) is 22.8 Å². The molecule has 2 unspecified atom stereocenters. The van der Waals surface area contributed by atoms with Crippen LogP contribution in [0.25, 0.3) is 0 Å². The van der Waals surface area contributed by atoms with E-state index >= 15 is 0 Å². The van der Waals surface area contributed by atoms with Crippen molar-refractivity contribution >= 4 is 23.5 Å². The van der Waals surface area contributed by atoms with Crippen LogP contribution in [-0.2, 0) is 15.0 Å². The fourth-order valence-corrected chi connectivity index (χ4v) is 7.33. The van der Waals surface area contributed by atoms with Crippen LogP contribution in [0.5, 0.6) is 0 Å². The minimum absolute atomic E-state index is 0.140. The summed E-state index contributed by atoms with van der Waals surface area (Å²) >= 11 is 6.07. The Hall–Kier alpha value is -1.55. The maximum absolute atomic E-state index is 13.6. The van der Waals surface area contributed by atoms with Gasteiger partial charge in [0.25, 0.3) is 0 Å². The summed E-state index contributed by atoms with van der Waals surface area (Å²) in [5.74, 6) is 0.683. The number of carboxylic acid groups (broad SMARTS) is 1. The maximum atomic E-state index is 13.6. The molecule has 6 rings (SSSR count). The van der Waals surface area contributed by atoms with E-state index in [1.165, 1.54) is 0 Å². The van der Waals surface area contributed by atoms with E-state index in [4.69, 9.17) is 11.6 Å². The molecule has 1 aromatic rings. The van der Waals surface area contributed by atoms with Gasteiger partial charge >= 0.3 is 5.97 Å². The Morgan fingerprint density at radius 2 is 1.61 bits per heavy atom. The monoisotopic (exact) mass is 401 g/mol. The van der Waals surface area contributed by atoms with Gasteiger partial charge in [-0.15, -0.1) is 0 Å². The van der Waals surface area contributed by atoms with Gasteiger partial charge in [-0.1, -0.05) is 36.6 Å². The van der Waals surface area contributed by atoms with E-state index in [2.05, 4.69) is 5.32 Å². The minimum atomic E-state index is -0.620. The number of benzene rings is 1. The molecule has 4 bridgehead atoms. The molecule has 0 radical (unpaired) electrons. The second kappa shape index (κ2) is 6.48. The van der Waals surface area contributed by atoms with E-state index < -0.39 is 16.8 Å². The van der Waals surface area contributed by atoms with Gasteiger partial charge in [0.05, 0.1) is 10.8 Å². The van der Waals surface area contributed by atoms with Crippen molar-refractivity contribution in [1.29, 1.82) is 0 Å². The molecule has 5 fully saturated rings. The molecule has 5 aliphatic rings. The summed E-state index contributed by atoms with van der Waals surface area (Å²) in [6.07, 6.45) is 8.34.